The van der Waals surface area contributed by atoms with Gasteiger partial charge >= 0.3 is 0 Å². The molecule has 0 N–H and O–H groups in total. The molecule has 1 unspecified atom stereocenters. The first-order chi connectivity index (χ1) is 8.04. The molecule has 0 aliphatic carbocycles. The monoisotopic (exact) mass is 246 g/mol. The molecule has 0 nitrogen and oxygen atoms in total. The van der Waals surface area contributed by atoms with Gasteiger partial charge in [-0.3, -0.25) is 0 Å². The molecule has 0 saturated carbocycles. The van der Waals surface area contributed by atoms with Gasteiger partial charge in [-0.05, 0) is 23.4 Å². The maximum atomic E-state index is 2.61. The average Bonchev–Trinajstić information content (AvgIpc) is 2.32. The molecular weight excluding hydrogens is 220 g/mol. The van der Waals surface area contributed by atoms with Gasteiger partial charge in [0.05, 0.1) is 8.07 Å². The summed E-state index contributed by atoms with van der Waals surface area (Å²) in [5.41, 5.74) is 1.52. The smallest absolute Gasteiger partial charge is 0.0533 e. The van der Waals surface area contributed by atoms with Crippen molar-refractivity contribution >= 4 is 8.07 Å². The number of benzene rings is 1. The second kappa shape index (κ2) is 4.97. The van der Waals surface area contributed by atoms with Crippen molar-refractivity contribution in [3.8, 4) is 0 Å². The summed E-state index contributed by atoms with van der Waals surface area (Å²) < 4.78 is 0. The highest BCUT2D eigenvalue weighted by molar-refractivity contribution is 6.80. The highest BCUT2D eigenvalue weighted by Crippen LogP contribution is 2.52. The van der Waals surface area contributed by atoms with Crippen molar-refractivity contribution in [1.82, 2.24) is 0 Å². The van der Waals surface area contributed by atoms with E-state index in [9.17, 15) is 0 Å². The van der Waals surface area contributed by atoms with E-state index in [0.29, 0.717) is 5.04 Å². The van der Waals surface area contributed by atoms with E-state index in [-0.39, 0.29) is 0 Å². The van der Waals surface area contributed by atoms with E-state index in [4.69, 9.17) is 0 Å². The maximum absolute atomic E-state index is 2.61. The molecule has 94 valence electrons. The zero-order valence-electron chi connectivity index (χ0n) is 11.6. The molecule has 1 aliphatic heterocycles. The quantitative estimate of drug-likeness (QED) is 0.637. The molecule has 1 aromatic carbocycles. The minimum absolute atomic E-state index is 0.668. The predicted molar refractivity (Wildman–Crippen MR) is 79.3 cm³/mol. The number of aryl methyl sites for hydroxylation is 1. The molecule has 1 fully saturated rings. The maximum Gasteiger partial charge on any atom is 0.0533 e. The van der Waals surface area contributed by atoms with Crippen LogP contribution in [0.25, 0.3) is 0 Å². The largest absolute Gasteiger partial charge is 0.0690 e. The average molecular weight is 246 g/mol. The first-order valence-corrected chi connectivity index (χ1v) is 10.3. The highest BCUT2D eigenvalue weighted by atomic mass is 28.3. The van der Waals surface area contributed by atoms with Gasteiger partial charge in [0.25, 0.3) is 0 Å². The van der Waals surface area contributed by atoms with Crippen LogP contribution in [-0.2, 0) is 6.42 Å². The van der Waals surface area contributed by atoms with Crippen LogP contribution >= 0.6 is 0 Å². The van der Waals surface area contributed by atoms with Gasteiger partial charge in [0.2, 0.25) is 0 Å². The lowest BCUT2D eigenvalue weighted by molar-refractivity contribution is 0.445. The Morgan fingerprint density at radius 1 is 1.12 bits per heavy atom. The molecule has 1 heterocycles. The summed E-state index contributed by atoms with van der Waals surface area (Å²) in [5.74, 6) is 0. The highest BCUT2D eigenvalue weighted by Gasteiger charge is 2.43. The number of hydrogen-bond donors (Lipinski definition) is 0. The second-order valence-electron chi connectivity index (χ2n) is 6.64. The number of rotatable bonds is 3. The Morgan fingerprint density at radius 2 is 1.82 bits per heavy atom. The summed E-state index contributed by atoms with van der Waals surface area (Å²) in [6.07, 6.45) is 7.09. The summed E-state index contributed by atoms with van der Waals surface area (Å²) in [6.45, 7) is 7.79. The lowest BCUT2D eigenvalue weighted by Gasteiger charge is -2.47. The fourth-order valence-electron chi connectivity index (χ4n) is 3.25. The third-order valence-electron chi connectivity index (χ3n) is 5.22. The fraction of sp³-hybridized carbons (Fsp3) is 0.625. The van der Waals surface area contributed by atoms with E-state index in [1.54, 1.807) is 0 Å². The van der Waals surface area contributed by atoms with E-state index in [0.717, 1.165) is 0 Å². The standard InChI is InChI=1S/C16H26Si/c1-16(12-7-8-14-17(16,2)3)13-11-15-9-5-4-6-10-15/h4-6,9-10H,7-8,11-14H2,1-3H3. The van der Waals surface area contributed by atoms with Gasteiger partial charge in [0.15, 0.2) is 0 Å². The molecule has 2 rings (SSSR count). The summed E-state index contributed by atoms with van der Waals surface area (Å²) >= 11 is 0. The van der Waals surface area contributed by atoms with Gasteiger partial charge in [0, 0.05) is 0 Å². The minimum Gasteiger partial charge on any atom is -0.0690 e. The molecule has 1 saturated heterocycles. The molecule has 0 aromatic heterocycles. The van der Waals surface area contributed by atoms with Crippen LogP contribution < -0.4 is 0 Å². The van der Waals surface area contributed by atoms with Crippen LogP contribution in [0.1, 0.15) is 38.2 Å². The Bertz CT molecular complexity index is 355. The molecular formula is C16H26Si. The van der Waals surface area contributed by atoms with Crippen LogP contribution in [0, 0.1) is 0 Å². The van der Waals surface area contributed by atoms with Crippen LogP contribution in [0.2, 0.25) is 24.2 Å². The molecule has 0 radical (unpaired) electrons. The normalized spacial score (nSPS) is 27.9. The zero-order chi connectivity index (χ0) is 12.4. The molecule has 1 atom stereocenters. The Morgan fingerprint density at radius 3 is 2.47 bits per heavy atom. The Kier molecular flexibility index (Phi) is 3.77. The SMILES string of the molecule is CC1(CCc2ccccc2)CCCC[Si]1(C)C. The summed E-state index contributed by atoms with van der Waals surface area (Å²) in [4.78, 5) is 0. The van der Waals surface area contributed by atoms with E-state index in [2.05, 4.69) is 50.3 Å². The van der Waals surface area contributed by atoms with Gasteiger partial charge in [-0.15, -0.1) is 0 Å². The lowest BCUT2D eigenvalue weighted by atomic mass is 9.94. The topological polar surface area (TPSA) is 0 Å². The molecule has 1 heteroatoms. The van der Waals surface area contributed by atoms with E-state index < -0.39 is 8.07 Å². The van der Waals surface area contributed by atoms with Crippen molar-refractivity contribution in [3.63, 3.8) is 0 Å². The van der Waals surface area contributed by atoms with Crippen molar-refractivity contribution in [2.45, 2.75) is 63.2 Å². The van der Waals surface area contributed by atoms with Crippen LogP contribution in [0.15, 0.2) is 30.3 Å². The van der Waals surface area contributed by atoms with E-state index in [1.807, 2.05) is 0 Å². The third kappa shape index (κ3) is 2.82. The zero-order valence-corrected chi connectivity index (χ0v) is 12.6. The van der Waals surface area contributed by atoms with Crippen molar-refractivity contribution in [3.05, 3.63) is 35.9 Å². The second-order valence-corrected chi connectivity index (χ2v) is 12.1. The van der Waals surface area contributed by atoms with Gasteiger partial charge in [-0.25, -0.2) is 0 Å². The van der Waals surface area contributed by atoms with Crippen molar-refractivity contribution in [2.75, 3.05) is 0 Å². The molecule has 0 spiro atoms. The van der Waals surface area contributed by atoms with Gasteiger partial charge in [0.1, 0.15) is 0 Å². The Hall–Kier alpha value is -0.563. The Labute approximate surface area is 107 Å². The van der Waals surface area contributed by atoms with Crippen LogP contribution in [0.3, 0.4) is 0 Å². The van der Waals surface area contributed by atoms with Crippen molar-refractivity contribution in [1.29, 1.82) is 0 Å². The fourth-order valence-corrected chi connectivity index (χ4v) is 6.64. The first kappa shape index (κ1) is 12.9. The van der Waals surface area contributed by atoms with Crippen LogP contribution in [-0.4, -0.2) is 8.07 Å². The van der Waals surface area contributed by atoms with E-state index >= 15 is 0 Å². The summed E-state index contributed by atoms with van der Waals surface area (Å²) in [6, 6.07) is 12.5. The van der Waals surface area contributed by atoms with Gasteiger partial charge < -0.3 is 0 Å². The van der Waals surface area contributed by atoms with Crippen molar-refractivity contribution < 1.29 is 0 Å². The first-order valence-electron chi connectivity index (χ1n) is 7.07. The molecule has 17 heavy (non-hydrogen) atoms. The lowest BCUT2D eigenvalue weighted by Crippen LogP contribution is -2.43. The minimum atomic E-state index is -0.998. The number of hydrogen-bond acceptors (Lipinski definition) is 0. The molecule has 1 aromatic rings. The van der Waals surface area contributed by atoms with Crippen molar-refractivity contribution in [2.24, 2.45) is 0 Å². The molecule has 0 amide bonds. The molecule has 1 aliphatic rings. The molecule has 0 bridgehead atoms. The third-order valence-corrected chi connectivity index (χ3v) is 10.6. The predicted octanol–water partition coefficient (Wildman–Crippen LogP) is 5.27. The Balaban J connectivity index is 2.02. The van der Waals surface area contributed by atoms with Crippen LogP contribution in [0.4, 0.5) is 0 Å². The van der Waals surface area contributed by atoms with Gasteiger partial charge in [-0.2, -0.15) is 0 Å². The summed E-state index contributed by atoms with van der Waals surface area (Å²) in [5, 5.41) is 0.668. The van der Waals surface area contributed by atoms with E-state index in [1.165, 1.54) is 43.7 Å². The van der Waals surface area contributed by atoms with Crippen LogP contribution in [0.5, 0.6) is 0 Å². The summed E-state index contributed by atoms with van der Waals surface area (Å²) in [7, 11) is -0.998. The van der Waals surface area contributed by atoms with Gasteiger partial charge in [-0.1, -0.05) is 75.7 Å².